The van der Waals surface area contributed by atoms with Crippen LogP contribution in [-0.4, -0.2) is 15.9 Å². The number of aromatic nitrogens is 1. The molecule has 3 rings (SSSR count). The van der Waals surface area contributed by atoms with Crippen LogP contribution in [0.3, 0.4) is 0 Å². The van der Waals surface area contributed by atoms with E-state index in [-0.39, 0.29) is 28.9 Å². The molecule has 8 nitrogen and oxygen atoms in total. The largest absolute Gasteiger partial charge is 0.456 e. The maximum Gasteiger partial charge on any atom is 0.416 e. The normalized spacial score (nSPS) is 11.2. The molecule has 0 aliphatic rings. The molecule has 0 bridgehead atoms. The molecular formula is C18H10ClF3N2O6. The van der Waals surface area contributed by atoms with E-state index in [1.165, 1.54) is 12.3 Å². The Bertz CT molecular complexity index is 1090. The van der Waals surface area contributed by atoms with Gasteiger partial charge in [0.15, 0.2) is 18.8 Å². The van der Waals surface area contributed by atoms with Crippen molar-refractivity contribution in [3.05, 3.63) is 81.0 Å². The molecule has 30 heavy (non-hydrogen) atoms. The van der Waals surface area contributed by atoms with E-state index in [2.05, 4.69) is 4.98 Å². The molecule has 0 aliphatic heterocycles. The summed E-state index contributed by atoms with van der Waals surface area (Å²) in [5.74, 6) is -1.04. The predicted octanol–water partition coefficient (Wildman–Crippen LogP) is 5.40. The Morgan fingerprint density at radius 3 is 2.60 bits per heavy atom. The molecule has 0 saturated carbocycles. The van der Waals surface area contributed by atoms with Crippen LogP contribution in [0.1, 0.15) is 21.7 Å². The van der Waals surface area contributed by atoms with Crippen LogP contribution in [0.15, 0.2) is 53.4 Å². The zero-order chi connectivity index (χ0) is 21.9. The Balaban J connectivity index is 1.85. The lowest BCUT2D eigenvalue weighted by atomic mass is 10.1. The minimum atomic E-state index is -4.59. The highest BCUT2D eigenvalue weighted by Gasteiger charge is 2.31. The van der Waals surface area contributed by atoms with Crippen molar-refractivity contribution in [1.82, 2.24) is 4.98 Å². The number of oxazole rings is 1. The summed E-state index contributed by atoms with van der Waals surface area (Å²) in [6.07, 6.45) is -2.17. The van der Waals surface area contributed by atoms with E-state index in [9.17, 15) is 28.1 Å². The first-order chi connectivity index (χ1) is 14.1. The summed E-state index contributed by atoms with van der Waals surface area (Å²) in [5, 5.41) is 10.9. The van der Waals surface area contributed by atoms with E-state index in [4.69, 9.17) is 25.5 Å². The van der Waals surface area contributed by atoms with Crippen molar-refractivity contribution >= 4 is 23.3 Å². The number of hydrogen-bond donors (Lipinski definition) is 0. The van der Waals surface area contributed by atoms with Gasteiger partial charge in [0.05, 0.1) is 21.7 Å². The van der Waals surface area contributed by atoms with Gasteiger partial charge in [0.2, 0.25) is 0 Å². The summed E-state index contributed by atoms with van der Waals surface area (Å²) < 4.78 is 53.5. The Labute approximate surface area is 170 Å². The van der Waals surface area contributed by atoms with E-state index in [1.807, 2.05) is 0 Å². The van der Waals surface area contributed by atoms with Crippen LogP contribution < -0.4 is 4.74 Å². The molecular weight excluding hydrogens is 433 g/mol. The Morgan fingerprint density at radius 2 is 2.00 bits per heavy atom. The number of nitro benzene ring substituents is 1. The number of rotatable bonds is 6. The zero-order valence-electron chi connectivity index (χ0n) is 14.7. The SMILES string of the molecule is O=C(OCc1cnco1)c1cc(Oc2ccc(C(F)(F)F)cc2Cl)ccc1[N+](=O)[O-]. The van der Waals surface area contributed by atoms with Crippen molar-refractivity contribution in [2.24, 2.45) is 0 Å². The van der Waals surface area contributed by atoms with Crippen LogP contribution >= 0.6 is 11.6 Å². The minimum Gasteiger partial charge on any atom is -0.456 e. The molecule has 0 amide bonds. The second kappa shape index (κ2) is 8.41. The molecule has 0 unspecified atom stereocenters. The fourth-order valence-electron chi connectivity index (χ4n) is 2.32. The first-order valence-electron chi connectivity index (χ1n) is 8.02. The average Bonchev–Trinajstić information content (AvgIpc) is 3.20. The average molecular weight is 443 g/mol. The summed E-state index contributed by atoms with van der Waals surface area (Å²) >= 11 is 5.83. The zero-order valence-corrected chi connectivity index (χ0v) is 15.4. The van der Waals surface area contributed by atoms with Gasteiger partial charge in [-0.1, -0.05) is 11.6 Å². The third kappa shape index (κ3) is 4.87. The fraction of sp³-hybridized carbons (Fsp3) is 0.111. The molecule has 0 N–H and O–H groups in total. The van der Waals surface area contributed by atoms with Crippen molar-refractivity contribution in [2.75, 3.05) is 0 Å². The number of ether oxygens (including phenoxy) is 2. The molecule has 156 valence electrons. The topological polar surface area (TPSA) is 105 Å². The number of benzene rings is 2. The fourth-order valence-corrected chi connectivity index (χ4v) is 2.54. The second-order valence-electron chi connectivity index (χ2n) is 5.72. The molecule has 0 radical (unpaired) electrons. The number of esters is 1. The first-order valence-corrected chi connectivity index (χ1v) is 8.40. The van der Waals surface area contributed by atoms with Crippen LogP contribution in [-0.2, 0) is 17.5 Å². The highest BCUT2D eigenvalue weighted by atomic mass is 35.5. The van der Waals surface area contributed by atoms with Gasteiger partial charge in [-0.05, 0) is 24.3 Å². The summed E-state index contributed by atoms with van der Waals surface area (Å²) in [7, 11) is 0. The summed E-state index contributed by atoms with van der Waals surface area (Å²) in [5.41, 5.74) is -1.95. The monoisotopic (exact) mass is 442 g/mol. The van der Waals surface area contributed by atoms with Gasteiger partial charge in [0, 0.05) is 12.1 Å². The Hall–Kier alpha value is -3.60. The van der Waals surface area contributed by atoms with Gasteiger partial charge in [-0.3, -0.25) is 10.1 Å². The van der Waals surface area contributed by atoms with Crippen molar-refractivity contribution in [2.45, 2.75) is 12.8 Å². The molecule has 0 saturated heterocycles. The number of nitro groups is 1. The third-order valence-corrected chi connectivity index (χ3v) is 4.00. The van der Waals surface area contributed by atoms with E-state index >= 15 is 0 Å². The van der Waals surface area contributed by atoms with Crippen molar-refractivity contribution in [3.8, 4) is 11.5 Å². The number of halogens is 4. The van der Waals surface area contributed by atoms with Crippen molar-refractivity contribution in [1.29, 1.82) is 0 Å². The van der Waals surface area contributed by atoms with E-state index < -0.39 is 33.9 Å². The highest BCUT2D eigenvalue weighted by Crippen LogP contribution is 2.37. The predicted molar refractivity (Wildman–Crippen MR) is 95.2 cm³/mol. The second-order valence-corrected chi connectivity index (χ2v) is 6.13. The number of nitrogens with zero attached hydrogens (tertiary/aromatic N) is 2. The molecule has 0 aliphatic carbocycles. The summed E-state index contributed by atoms with van der Waals surface area (Å²) in [6, 6.07) is 5.62. The highest BCUT2D eigenvalue weighted by molar-refractivity contribution is 6.32. The Morgan fingerprint density at radius 1 is 1.23 bits per heavy atom. The van der Waals surface area contributed by atoms with Gasteiger partial charge in [0.1, 0.15) is 17.1 Å². The lowest BCUT2D eigenvalue weighted by Gasteiger charge is -2.12. The third-order valence-electron chi connectivity index (χ3n) is 3.70. The molecule has 0 spiro atoms. The summed E-state index contributed by atoms with van der Waals surface area (Å²) in [4.78, 5) is 26.4. The van der Waals surface area contributed by atoms with E-state index in [0.717, 1.165) is 30.7 Å². The van der Waals surface area contributed by atoms with E-state index in [1.54, 1.807) is 0 Å². The molecule has 1 aromatic heterocycles. The maximum atomic E-state index is 12.7. The number of carbonyl (C=O) groups excluding carboxylic acids is 1. The van der Waals surface area contributed by atoms with Gasteiger partial charge in [-0.15, -0.1) is 0 Å². The summed E-state index contributed by atoms with van der Waals surface area (Å²) in [6.45, 7) is -0.314. The van der Waals surface area contributed by atoms with Gasteiger partial charge in [0.25, 0.3) is 5.69 Å². The van der Waals surface area contributed by atoms with Crippen molar-refractivity contribution in [3.63, 3.8) is 0 Å². The van der Waals surface area contributed by atoms with Crippen LogP contribution in [0.25, 0.3) is 0 Å². The molecule has 1 heterocycles. The number of carbonyl (C=O) groups is 1. The lowest BCUT2D eigenvalue weighted by molar-refractivity contribution is -0.385. The molecule has 0 fully saturated rings. The standard InChI is InChI=1S/C18H10ClF3N2O6/c19-14-5-10(18(20,21)22)1-4-16(14)30-11-2-3-15(24(26)27)13(6-11)17(25)28-8-12-7-23-9-29-12/h1-7,9H,8H2. The smallest absolute Gasteiger partial charge is 0.416 e. The molecule has 0 atom stereocenters. The lowest BCUT2D eigenvalue weighted by Crippen LogP contribution is -2.08. The molecule has 3 aromatic rings. The van der Waals surface area contributed by atoms with Crippen molar-refractivity contribution < 1.29 is 36.8 Å². The van der Waals surface area contributed by atoms with Gasteiger partial charge >= 0.3 is 12.1 Å². The van der Waals surface area contributed by atoms with Gasteiger partial charge in [-0.2, -0.15) is 13.2 Å². The van der Waals surface area contributed by atoms with Gasteiger partial charge < -0.3 is 13.9 Å². The van der Waals surface area contributed by atoms with Gasteiger partial charge in [-0.25, -0.2) is 9.78 Å². The molecule has 2 aromatic carbocycles. The van der Waals surface area contributed by atoms with Crippen LogP contribution in [0.2, 0.25) is 5.02 Å². The van der Waals surface area contributed by atoms with Crippen LogP contribution in [0, 0.1) is 10.1 Å². The first kappa shape index (κ1) is 21.1. The minimum absolute atomic E-state index is 0.0751. The number of alkyl halides is 3. The maximum absolute atomic E-state index is 12.7. The quantitative estimate of drug-likeness (QED) is 0.286. The van der Waals surface area contributed by atoms with E-state index in [0.29, 0.717) is 6.07 Å². The molecule has 12 heteroatoms. The number of hydrogen-bond acceptors (Lipinski definition) is 7. The Kier molecular flexibility index (Phi) is 5.92. The van der Waals surface area contributed by atoms with Crippen LogP contribution in [0.5, 0.6) is 11.5 Å². The van der Waals surface area contributed by atoms with Crippen LogP contribution in [0.4, 0.5) is 18.9 Å².